The van der Waals surface area contributed by atoms with Crippen LogP contribution in [0.15, 0.2) is 6.33 Å². The number of rotatable bonds is 4. The van der Waals surface area contributed by atoms with E-state index >= 15 is 0 Å². The van der Waals surface area contributed by atoms with Crippen molar-refractivity contribution in [3.8, 4) is 0 Å². The Bertz CT molecular complexity index is 596. The van der Waals surface area contributed by atoms with Crippen molar-refractivity contribution < 1.29 is 29.3 Å². The van der Waals surface area contributed by atoms with Crippen molar-refractivity contribution >= 4 is 11.9 Å². The lowest BCUT2D eigenvalue weighted by Gasteiger charge is -2.20. The molecule has 2 heterocycles. The SMILES string of the molecule is CC(C)(C)C(=O)OC[C@H]1O[C@@H](n2cnc(C(N)=O)n2)[C@H](O)C1O. The molecular formula is C13H20N4O6. The zero-order valence-corrected chi connectivity index (χ0v) is 13.0. The molecule has 1 saturated heterocycles. The fourth-order valence-electron chi connectivity index (χ4n) is 1.97. The fourth-order valence-corrected chi connectivity index (χ4v) is 1.97. The number of nitrogens with zero attached hydrogens (tertiary/aromatic N) is 3. The summed E-state index contributed by atoms with van der Waals surface area (Å²) in [6, 6.07) is 0. The summed E-state index contributed by atoms with van der Waals surface area (Å²) in [7, 11) is 0. The van der Waals surface area contributed by atoms with Gasteiger partial charge in [-0.25, -0.2) is 9.67 Å². The van der Waals surface area contributed by atoms with Gasteiger partial charge in [0.05, 0.1) is 5.41 Å². The summed E-state index contributed by atoms with van der Waals surface area (Å²) in [5.41, 5.74) is 4.36. The minimum absolute atomic E-state index is 0.220. The predicted molar refractivity (Wildman–Crippen MR) is 74.9 cm³/mol. The van der Waals surface area contributed by atoms with Crippen molar-refractivity contribution in [2.75, 3.05) is 6.61 Å². The Morgan fingerprint density at radius 3 is 2.57 bits per heavy atom. The van der Waals surface area contributed by atoms with Crippen LogP contribution in [-0.2, 0) is 14.3 Å². The van der Waals surface area contributed by atoms with Crippen LogP contribution in [0.3, 0.4) is 0 Å². The minimum atomic E-state index is -1.32. The fraction of sp³-hybridized carbons (Fsp3) is 0.692. The summed E-state index contributed by atoms with van der Waals surface area (Å²) in [6.45, 7) is 4.86. The van der Waals surface area contributed by atoms with E-state index in [4.69, 9.17) is 15.2 Å². The summed E-state index contributed by atoms with van der Waals surface area (Å²) in [5.74, 6) is -1.52. The van der Waals surface area contributed by atoms with Gasteiger partial charge in [-0.2, -0.15) is 0 Å². The maximum atomic E-state index is 11.7. The second-order valence-electron chi connectivity index (χ2n) is 6.31. The van der Waals surface area contributed by atoms with Gasteiger partial charge in [-0.15, -0.1) is 5.10 Å². The van der Waals surface area contributed by atoms with E-state index in [1.165, 1.54) is 0 Å². The molecule has 0 aliphatic carbocycles. The third-order valence-corrected chi connectivity index (χ3v) is 3.32. The predicted octanol–water partition coefficient (Wildman–Crippen LogP) is -1.41. The zero-order valence-electron chi connectivity index (χ0n) is 13.0. The van der Waals surface area contributed by atoms with Crippen LogP contribution in [-0.4, -0.2) is 61.8 Å². The van der Waals surface area contributed by atoms with Crippen LogP contribution < -0.4 is 5.73 Å². The normalized spacial score (nSPS) is 27.9. The number of aliphatic hydroxyl groups is 2. The maximum absolute atomic E-state index is 11.7. The number of hydrogen-bond acceptors (Lipinski definition) is 8. The van der Waals surface area contributed by atoms with Crippen LogP contribution in [0.2, 0.25) is 0 Å². The molecule has 1 fully saturated rings. The van der Waals surface area contributed by atoms with E-state index in [1.807, 2.05) is 0 Å². The number of primary amides is 1. The molecule has 4 N–H and O–H groups in total. The molecule has 1 unspecified atom stereocenters. The number of esters is 1. The standard InChI is InChI=1S/C13H20N4O6/c1-13(2,3)12(21)22-4-6-7(18)8(19)11(23-6)17-5-15-10(16-17)9(14)20/h5-8,11,18-19H,4H2,1-3H3,(H2,14,20)/t6-,7?,8-,11-/m1/s1. The van der Waals surface area contributed by atoms with E-state index in [1.54, 1.807) is 20.8 Å². The molecular weight excluding hydrogens is 308 g/mol. The number of carbonyl (C=O) groups is 2. The van der Waals surface area contributed by atoms with Gasteiger partial charge < -0.3 is 25.4 Å². The van der Waals surface area contributed by atoms with Gasteiger partial charge in [-0.05, 0) is 20.8 Å². The Balaban J connectivity index is 2.03. The van der Waals surface area contributed by atoms with Crippen LogP contribution >= 0.6 is 0 Å². The van der Waals surface area contributed by atoms with Crippen molar-refractivity contribution in [3.05, 3.63) is 12.2 Å². The van der Waals surface area contributed by atoms with Crippen molar-refractivity contribution in [2.24, 2.45) is 11.1 Å². The highest BCUT2D eigenvalue weighted by Gasteiger charge is 2.45. The summed E-state index contributed by atoms with van der Waals surface area (Å²) in [6.07, 6.45) is -3.44. The van der Waals surface area contributed by atoms with Crippen LogP contribution in [0.5, 0.6) is 0 Å². The molecule has 23 heavy (non-hydrogen) atoms. The molecule has 10 heteroatoms. The van der Waals surface area contributed by atoms with E-state index in [0.717, 1.165) is 11.0 Å². The van der Waals surface area contributed by atoms with E-state index in [-0.39, 0.29) is 12.4 Å². The largest absolute Gasteiger partial charge is 0.462 e. The third kappa shape index (κ3) is 3.66. The van der Waals surface area contributed by atoms with Gasteiger partial charge in [0, 0.05) is 0 Å². The van der Waals surface area contributed by atoms with E-state index in [9.17, 15) is 19.8 Å². The molecule has 1 aliphatic heterocycles. The summed E-state index contributed by atoms with van der Waals surface area (Å²) in [5, 5.41) is 23.8. The zero-order chi connectivity index (χ0) is 17.4. The Kier molecular flexibility index (Phi) is 4.68. The molecule has 0 radical (unpaired) electrons. The summed E-state index contributed by atoms with van der Waals surface area (Å²) in [4.78, 5) is 26.4. The second kappa shape index (κ2) is 6.22. The first-order valence-electron chi connectivity index (χ1n) is 7.01. The molecule has 1 aliphatic rings. The molecule has 0 spiro atoms. The van der Waals surface area contributed by atoms with Crippen molar-refractivity contribution in [3.63, 3.8) is 0 Å². The Morgan fingerprint density at radius 1 is 1.39 bits per heavy atom. The number of ether oxygens (including phenoxy) is 2. The molecule has 1 aromatic heterocycles. The average molecular weight is 328 g/mol. The van der Waals surface area contributed by atoms with E-state index in [0.29, 0.717) is 0 Å². The monoisotopic (exact) mass is 328 g/mol. The number of hydrogen-bond donors (Lipinski definition) is 3. The molecule has 0 aromatic carbocycles. The van der Waals surface area contributed by atoms with Crippen LogP contribution in [0, 0.1) is 5.41 Å². The molecule has 128 valence electrons. The van der Waals surface area contributed by atoms with Gasteiger partial charge in [0.25, 0.3) is 5.91 Å². The molecule has 1 aromatic rings. The first-order valence-corrected chi connectivity index (χ1v) is 7.01. The number of carbonyl (C=O) groups excluding carboxylic acids is 2. The molecule has 0 saturated carbocycles. The van der Waals surface area contributed by atoms with Crippen molar-refractivity contribution in [1.29, 1.82) is 0 Å². The number of nitrogens with two attached hydrogens (primary N) is 1. The molecule has 1 amide bonds. The second-order valence-corrected chi connectivity index (χ2v) is 6.31. The van der Waals surface area contributed by atoms with Gasteiger partial charge in [0.2, 0.25) is 5.82 Å². The van der Waals surface area contributed by atoms with E-state index < -0.39 is 41.8 Å². The lowest BCUT2D eigenvalue weighted by atomic mass is 9.97. The van der Waals surface area contributed by atoms with Gasteiger partial charge in [0.15, 0.2) is 6.23 Å². The molecule has 0 bridgehead atoms. The summed E-state index contributed by atoms with van der Waals surface area (Å²) >= 11 is 0. The first-order chi connectivity index (χ1) is 10.6. The minimum Gasteiger partial charge on any atom is -0.462 e. The van der Waals surface area contributed by atoms with Crippen LogP contribution in [0.25, 0.3) is 0 Å². The lowest BCUT2D eigenvalue weighted by Crippen LogP contribution is -2.35. The Hall–Kier alpha value is -2.04. The Labute approximate surface area is 132 Å². The Morgan fingerprint density at radius 2 is 2.04 bits per heavy atom. The van der Waals surface area contributed by atoms with E-state index in [2.05, 4.69) is 10.1 Å². The van der Waals surface area contributed by atoms with Crippen LogP contribution in [0.4, 0.5) is 0 Å². The highest BCUT2D eigenvalue weighted by molar-refractivity contribution is 5.88. The van der Waals surface area contributed by atoms with Gasteiger partial charge >= 0.3 is 5.97 Å². The average Bonchev–Trinajstić information content (AvgIpc) is 3.03. The van der Waals surface area contributed by atoms with Gasteiger partial charge in [-0.3, -0.25) is 9.59 Å². The topological polar surface area (TPSA) is 150 Å². The lowest BCUT2D eigenvalue weighted by molar-refractivity contribution is -0.159. The van der Waals surface area contributed by atoms with Gasteiger partial charge in [0.1, 0.15) is 31.2 Å². The smallest absolute Gasteiger partial charge is 0.311 e. The number of amides is 1. The molecule has 2 rings (SSSR count). The molecule has 10 nitrogen and oxygen atoms in total. The third-order valence-electron chi connectivity index (χ3n) is 3.32. The highest BCUT2D eigenvalue weighted by atomic mass is 16.6. The number of aliphatic hydroxyl groups excluding tert-OH is 2. The van der Waals surface area contributed by atoms with Crippen molar-refractivity contribution in [2.45, 2.75) is 45.3 Å². The van der Waals surface area contributed by atoms with Crippen molar-refractivity contribution in [1.82, 2.24) is 14.8 Å². The number of aromatic nitrogens is 3. The van der Waals surface area contributed by atoms with Crippen LogP contribution in [0.1, 0.15) is 37.6 Å². The molecule has 4 atom stereocenters. The quantitative estimate of drug-likeness (QED) is 0.570. The first kappa shape index (κ1) is 17.3. The van der Waals surface area contributed by atoms with Gasteiger partial charge in [-0.1, -0.05) is 0 Å². The maximum Gasteiger partial charge on any atom is 0.311 e. The summed E-state index contributed by atoms with van der Waals surface area (Å²) < 4.78 is 11.6. The highest BCUT2D eigenvalue weighted by Crippen LogP contribution is 2.29.